The van der Waals surface area contributed by atoms with E-state index in [0.29, 0.717) is 5.75 Å². The predicted molar refractivity (Wildman–Crippen MR) is 92.8 cm³/mol. The second kappa shape index (κ2) is 9.28. The molecule has 2 rings (SSSR count). The number of anilines is 1. The molecule has 0 saturated carbocycles. The molecular weight excluding hydrogens is 367 g/mol. The van der Waals surface area contributed by atoms with Crippen LogP contribution in [0, 0.1) is 0 Å². The van der Waals surface area contributed by atoms with Crippen LogP contribution in [0.5, 0.6) is 0 Å². The minimum absolute atomic E-state index is 0.0893. The van der Waals surface area contributed by atoms with Gasteiger partial charge in [0.15, 0.2) is 6.61 Å². The van der Waals surface area contributed by atoms with E-state index in [9.17, 15) is 22.8 Å². The van der Waals surface area contributed by atoms with Gasteiger partial charge < -0.3 is 10.1 Å². The highest BCUT2D eigenvalue weighted by molar-refractivity contribution is 7.99. The molecule has 8 heteroatoms. The standard InChI is InChI=1S/C18H16F3NO3S/c19-18(20,21)14-8-4-5-9-15(14)22-16(23)12-25-17(24)10-11-26-13-6-2-1-3-7-13/h1-9H,10-12H2,(H,22,23). The van der Waals surface area contributed by atoms with Gasteiger partial charge in [0, 0.05) is 10.6 Å². The third-order valence-corrected chi connectivity index (χ3v) is 4.20. The van der Waals surface area contributed by atoms with Crippen molar-refractivity contribution in [3.63, 3.8) is 0 Å². The Hall–Kier alpha value is -2.48. The number of thioether (sulfide) groups is 1. The molecule has 1 N–H and O–H groups in total. The van der Waals surface area contributed by atoms with Gasteiger partial charge in [0.25, 0.3) is 5.91 Å². The zero-order valence-electron chi connectivity index (χ0n) is 13.6. The maximum absolute atomic E-state index is 12.9. The fourth-order valence-corrected chi connectivity index (χ4v) is 2.87. The summed E-state index contributed by atoms with van der Waals surface area (Å²) in [5.41, 5.74) is -1.33. The van der Waals surface area contributed by atoms with Crippen molar-refractivity contribution in [2.45, 2.75) is 17.5 Å². The molecule has 0 unspecified atom stereocenters. The van der Waals surface area contributed by atoms with Crippen molar-refractivity contribution >= 4 is 29.3 Å². The van der Waals surface area contributed by atoms with Gasteiger partial charge in [-0.1, -0.05) is 30.3 Å². The molecule has 26 heavy (non-hydrogen) atoms. The summed E-state index contributed by atoms with van der Waals surface area (Å²) in [7, 11) is 0. The molecule has 138 valence electrons. The Kier molecular flexibility index (Phi) is 7.08. The molecule has 0 aliphatic heterocycles. The summed E-state index contributed by atoms with van der Waals surface area (Å²) in [5.74, 6) is -0.945. The second-order valence-electron chi connectivity index (χ2n) is 5.16. The minimum atomic E-state index is -4.59. The van der Waals surface area contributed by atoms with Gasteiger partial charge in [-0.15, -0.1) is 11.8 Å². The molecule has 0 aromatic heterocycles. The van der Waals surface area contributed by atoms with E-state index in [1.54, 1.807) is 0 Å². The lowest BCUT2D eigenvalue weighted by molar-refractivity contribution is -0.147. The lowest BCUT2D eigenvalue weighted by atomic mass is 10.1. The maximum Gasteiger partial charge on any atom is 0.418 e. The molecule has 0 heterocycles. The molecule has 0 spiro atoms. The lowest BCUT2D eigenvalue weighted by Crippen LogP contribution is -2.22. The number of hydrogen-bond acceptors (Lipinski definition) is 4. The molecule has 0 aliphatic carbocycles. The summed E-state index contributed by atoms with van der Waals surface area (Å²) in [4.78, 5) is 24.4. The Balaban J connectivity index is 1.76. The van der Waals surface area contributed by atoms with E-state index >= 15 is 0 Å². The van der Waals surface area contributed by atoms with Crippen LogP contribution in [0.3, 0.4) is 0 Å². The molecule has 0 bridgehead atoms. The van der Waals surface area contributed by atoms with Crippen molar-refractivity contribution in [3.05, 3.63) is 60.2 Å². The minimum Gasteiger partial charge on any atom is -0.456 e. The molecule has 2 aromatic carbocycles. The number of carbonyl (C=O) groups excluding carboxylic acids is 2. The Morgan fingerprint density at radius 1 is 1.00 bits per heavy atom. The maximum atomic E-state index is 12.9. The van der Waals surface area contributed by atoms with E-state index in [2.05, 4.69) is 5.32 Å². The highest BCUT2D eigenvalue weighted by Gasteiger charge is 2.33. The number of para-hydroxylation sites is 1. The number of hydrogen-bond donors (Lipinski definition) is 1. The van der Waals surface area contributed by atoms with Crippen LogP contribution in [0.25, 0.3) is 0 Å². The van der Waals surface area contributed by atoms with Gasteiger partial charge in [-0.05, 0) is 24.3 Å². The van der Waals surface area contributed by atoms with Crippen molar-refractivity contribution in [1.29, 1.82) is 0 Å². The van der Waals surface area contributed by atoms with E-state index < -0.39 is 30.2 Å². The van der Waals surface area contributed by atoms with Gasteiger partial charge in [-0.2, -0.15) is 13.2 Å². The van der Waals surface area contributed by atoms with Crippen LogP contribution in [0.2, 0.25) is 0 Å². The summed E-state index contributed by atoms with van der Waals surface area (Å²) in [6.45, 7) is -0.638. The number of rotatable bonds is 7. The van der Waals surface area contributed by atoms with Crippen LogP contribution in [0.15, 0.2) is 59.5 Å². The average molecular weight is 383 g/mol. The number of esters is 1. The van der Waals surface area contributed by atoms with Crippen LogP contribution in [0.1, 0.15) is 12.0 Å². The number of ether oxygens (including phenoxy) is 1. The van der Waals surface area contributed by atoms with Crippen molar-refractivity contribution < 1.29 is 27.5 Å². The first-order valence-electron chi connectivity index (χ1n) is 7.66. The first-order valence-corrected chi connectivity index (χ1v) is 8.64. The number of carbonyl (C=O) groups is 2. The summed E-state index contributed by atoms with van der Waals surface area (Å²) < 4.78 is 43.4. The van der Waals surface area contributed by atoms with E-state index in [1.165, 1.54) is 23.9 Å². The largest absolute Gasteiger partial charge is 0.456 e. The van der Waals surface area contributed by atoms with Crippen molar-refractivity contribution in [3.8, 4) is 0 Å². The van der Waals surface area contributed by atoms with Crippen molar-refractivity contribution in [1.82, 2.24) is 0 Å². The Labute approximate surface area is 152 Å². The second-order valence-corrected chi connectivity index (χ2v) is 6.33. The van der Waals surface area contributed by atoms with Gasteiger partial charge in [0.05, 0.1) is 17.7 Å². The number of nitrogens with one attached hydrogen (secondary N) is 1. The molecule has 4 nitrogen and oxygen atoms in total. The van der Waals surface area contributed by atoms with Gasteiger partial charge in [0.2, 0.25) is 0 Å². The third kappa shape index (κ3) is 6.44. The molecule has 0 aliphatic rings. The van der Waals surface area contributed by atoms with Crippen LogP contribution in [0.4, 0.5) is 18.9 Å². The van der Waals surface area contributed by atoms with E-state index in [-0.39, 0.29) is 12.1 Å². The summed E-state index contributed by atoms with van der Waals surface area (Å²) >= 11 is 1.46. The average Bonchev–Trinajstić information content (AvgIpc) is 2.60. The summed E-state index contributed by atoms with van der Waals surface area (Å²) in [5, 5.41) is 2.11. The Morgan fingerprint density at radius 2 is 1.65 bits per heavy atom. The van der Waals surface area contributed by atoms with E-state index in [4.69, 9.17) is 4.74 Å². The molecular formula is C18H16F3NO3S. The Morgan fingerprint density at radius 3 is 2.35 bits per heavy atom. The molecule has 2 aromatic rings. The predicted octanol–water partition coefficient (Wildman–Crippen LogP) is 4.37. The zero-order valence-corrected chi connectivity index (χ0v) is 14.4. The van der Waals surface area contributed by atoms with Gasteiger partial charge >= 0.3 is 12.1 Å². The molecule has 1 amide bonds. The highest BCUT2D eigenvalue weighted by Crippen LogP contribution is 2.34. The van der Waals surface area contributed by atoms with E-state index in [1.807, 2.05) is 30.3 Å². The molecule has 0 atom stereocenters. The third-order valence-electron chi connectivity index (χ3n) is 3.19. The fourth-order valence-electron chi connectivity index (χ4n) is 2.01. The number of amides is 1. The first-order chi connectivity index (χ1) is 12.4. The van der Waals surface area contributed by atoms with Crippen LogP contribution >= 0.6 is 11.8 Å². The van der Waals surface area contributed by atoms with E-state index in [0.717, 1.165) is 17.0 Å². The topological polar surface area (TPSA) is 55.4 Å². The van der Waals surface area contributed by atoms with Gasteiger partial charge in [-0.25, -0.2) is 0 Å². The van der Waals surface area contributed by atoms with Crippen molar-refractivity contribution in [2.24, 2.45) is 0 Å². The lowest BCUT2D eigenvalue weighted by Gasteiger charge is -2.13. The normalized spacial score (nSPS) is 11.0. The first kappa shape index (κ1) is 19.8. The number of alkyl halides is 3. The van der Waals surface area contributed by atoms with Gasteiger partial charge in [-0.3, -0.25) is 9.59 Å². The number of benzene rings is 2. The van der Waals surface area contributed by atoms with Crippen LogP contribution in [-0.4, -0.2) is 24.2 Å². The molecule has 0 fully saturated rings. The smallest absolute Gasteiger partial charge is 0.418 e. The highest BCUT2D eigenvalue weighted by atomic mass is 32.2. The van der Waals surface area contributed by atoms with Crippen LogP contribution < -0.4 is 5.32 Å². The summed E-state index contributed by atoms with van der Waals surface area (Å²) in [6, 6.07) is 14.0. The SMILES string of the molecule is O=C(COC(=O)CCSc1ccccc1)Nc1ccccc1C(F)(F)F. The molecule has 0 radical (unpaired) electrons. The van der Waals surface area contributed by atoms with Gasteiger partial charge in [0.1, 0.15) is 0 Å². The van der Waals surface area contributed by atoms with Crippen LogP contribution in [-0.2, 0) is 20.5 Å². The van der Waals surface area contributed by atoms with Crippen molar-refractivity contribution in [2.75, 3.05) is 17.7 Å². The monoisotopic (exact) mass is 383 g/mol. The number of halogens is 3. The fraction of sp³-hybridized carbons (Fsp3) is 0.222. The zero-order chi connectivity index (χ0) is 19.0. The quantitative estimate of drug-likeness (QED) is 0.570. The molecule has 0 saturated heterocycles. The summed E-state index contributed by atoms with van der Waals surface area (Å²) in [6.07, 6.45) is -4.50. The Bertz CT molecular complexity index is 751.